The summed E-state index contributed by atoms with van der Waals surface area (Å²) >= 11 is 0. The van der Waals surface area contributed by atoms with Gasteiger partial charge in [0.1, 0.15) is 5.75 Å². The smallest absolute Gasteiger partial charge is 0.168 e. The van der Waals surface area contributed by atoms with Crippen LogP contribution in [-0.2, 0) is 0 Å². The van der Waals surface area contributed by atoms with Crippen molar-refractivity contribution in [3.8, 4) is 17.1 Å². The third kappa shape index (κ3) is 1.57. The Balaban J connectivity index is 2.22. The third-order valence-corrected chi connectivity index (χ3v) is 2.85. The molecule has 5 nitrogen and oxygen atoms in total. The first-order valence-electron chi connectivity index (χ1n) is 5.55. The number of nitrogen functional groups attached to an aromatic ring is 1. The molecule has 0 aliphatic carbocycles. The zero-order valence-electron chi connectivity index (χ0n) is 9.83. The zero-order chi connectivity index (χ0) is 12.7. The number of benzene rings is 1. The topological polar surface area (TPSA) is 76.4 Å². The van der Waals surface area contributed by atoms with Crippen LogP contribution in [0.15, 0.2) is 36.5 Å². The van der Waals surface area contributed by atoms with E-state index < -0.39 is 0 Å². The van der Waals surface area contributed by atoms with Gasteiger partial charge in [-0.05, 0) is 42.8 Å². The Morgan fingerprint density at radius 3 is 2.78 bits per heavy atom. The number of phenolic OH excluding ortho intramolecular Hbond substituents is 1. The molecule has 2 heterocycles. The maximum absolute atomic E-state index is 9.42. The molecular weight excluding hydrogens is 228 g/mol. The highest BCUT2D eigenvalue weighted by molar-refractivity contribution is 5.67. The van der Waals surface area contributed by atoms with Crippen LogP contribution in [-0.4, -0.2) is 19.7 Å². The highest BCUT2D eigenvalue weighted by Crippen LogP contribution is 2.26. The number of aryl methyl sites for hydroxylation is 1. The van der Waals surface area contributed by atoms with E-state index in [1.807, 2.05) is 29.7 Å². The van der Waals surface area contributed by atoms with Gasteiger partial charge in [0, 0.05) is 11.8 Å². The molecule has 0 unspecified atom stereocenters. The van der Waals surface area contributed by atoms with E-state index in [9.17, 15) is 5.11 Å². The van der Waals surface area contributed by atoms with Crippen molar-refractivity contribution in [3.63, 3.8) is 0 Å². The molecule has 0 aliphatic rings. The second-order valence-corrected chi connectivity index (χ2v) is 4.23. The van der Waals surface area contributed by atoms with Crippen molar-refractivity contribution in [2.45, 2.75) is 6.92 Å². The van der Waals surface area contributed by atoms with Crippen LogP contribution in [0.5, 0.6) is 5.75 Å². The first-order chi connectivity index (χ1) is 8.65. The van der Waals surface area contributed by atoms with Gasteiger partial charge in [0.05, 0.1) is 5.69 Å². The number of anilines is 1. The van der Waals surface area contributed by atoms with E-state index in [1.165, 1.54) is 0 Å². The van der Waals surface area contributed by atoms with Gasteiger partial charge in [-0.2, -0.15) is 0 Å². The lowest BCUT2D eigenvalue weighted by Crippen LogP contribution is -1.92. The molecule has 3 aromatic rings. The summed E-state index contributed by atoms with van der Waals surface area (Å²) in [6.45, 7) is 2.01. The maximum atomic E-state index is 9.42. The van der Waals surface area contributed by atoms with E-state index in [0.717, 1.165) is 16.8 Å². The summed E-state index contributed by atoms with van der Waals surface area (Å²) in [6, 6.07) is 8.96. The van der Waals surface area contributed by atoms with Crippen molar-refractivity contribution in [3.05, 3.63) is 42.1 Å². The summed E-state index contributed by atoms with van der Waals surface area (Å²) in [7, 11) is 0. The monoisotopic (exact) mass is 240 g/mol. The number of aromatic hydroxyl groups is 1. The summed E-state index contributed by atoms with van der Waals surface area (Å²) in [6.07, 6.45) is 1.92. The van der Waals surface area contributed by atoms with Gasteiger partial charge >= 0.3 is 0 Å². The lowest BCUT2D eigenvalue weighted by atomic mass is 10.2. The second-order valence-electron chi connectivity index (χ2n) is 4.23. The molecule has 0 bridgehead atoms. The number of pyridine rings is 1. The van der Waals surface area contributed by atoms with Crippen molar-refractivity contribution in [1.82, 2.24) is 14.6 Å². The van der Waals surface area contributed by atoms with E-state index in [1.54, 1.807) is 18.2 Å². The minimum absolute atomic E-state index is 0.0726. The number of hydrogen-bond donors (Lipinski definition) is 2. The molecule has 0 amide bonds. The summed E-state index contributed by atoms with van der Waals surface area (Å²) < 4.78 is 1.89. The molecule has 0 aliphatic heterocycles. The molecule has 3 rings (SSSR count). The predicted molar refractivity (Wildman–Crippen MR) is 69.2 cm³/mol. The normalized spacial score (nSPS) is 10.9. The van der Waals surface area contributed by atoms with Gasteiger partial charge in [0.2, 0.25) is 0 Å². The third-order valence-electron chi connectivity index (χ3n) is 2.85. The van der Waals surface area contributed by atoms with E-state index in [0.29, 0.717) is 11.5 Å². The molecule has 18 heavy (non-hydrogen) atoms. The van der Waals surface area contributed by atoms with Crippen LogP contribution < -0.4 is 5.73 Å². The molecule has 0 saturated carbocycles. The fraction of sp³-hybridized carbons (Fsp3) is 0.0769. The molecule has 0 atom stereocenters. The average Bonchev–Trinajstić information content (AvgIpc) is 2.75. The molecule has 90 valence electrons. The Labute approximate surface area is 104 Å². The van der Waals surface area contributed by atoms with Crippen molar-refractivity contribution in [1.29, 1.82) is 0 Å². The number of nitrogens with two attached hydrogens (primary N) is 1. The Kier molecular flexibility index (Phi) is 2.19. The minimum atomic E-state index is 0.0726. The molecular formula is C13H12N4O. The van der Waals surface area contributed by atoms with Crippen molar-refractivity contribution in [2.24, 2.45) is 0 Å². The average molecular weight is 240 g/mol. The van der Waals surface area contributed by atoms with Crippen LogP contribution in [0, 0.1) is 6.92 Å². The summed E-state index contributed by atoms with van der Waals surface area (Å²) in [5.41, 5.74) is 8.76. The maximum Gasteiger partial charge on any atom is 0.168 e. The highest BCUT2D eigenvalue weighted by atomic mass is 16.3. The van der Waals surface area contributed by atoms with E-state index in [-0.39, 0.29) is 5.75 Å². The van der Waals surface area contributed by atoms with Gasteiger partial charge in [0.15, 0.2) is 11.5 Å². The molecule has 5 heteroatoms. The van der Waals surface area contributed by atoms with E-state index in [4.69, 9.17) is 5.73 Å². The quantitative estimate of drug-likeness (QED) is 0.503. The minimum Gasteiger partial charge on any atom is -0.506 e. The number of aromatic nitrogens is 3. The van der Waals surface area contributed by atoms with E-state index >= 15 is 0 Å². The van der Waals surface area contributed by atoms with Crippen molar-refractivity contribution in [2.75, 3.05) is 5.73 Å². The first kappa shape index (κ1) is 10.6. The van der Waals surface area contributed by atoms with Crippen LogP contribution in [0.25, 0.3) is 17.0 Å². The van der Waals surface area contributed by atoms with Gasteiger partial charge in [-0.1, -0.05) is 0 Å². The first-order valence-corrected chi connectivity index (χ1v) is 5.55. The highest BCUT2D eigenvalue weighted by Gasteiger charge is 2.09. The summed E-state index contributed by atoms with van der Waals surface area (Å²) in [5.74, 6) is 0.778. The number of rotatable bonds is 1. The molecule has 1 aromatic carbocycles. The predicted octanol–water partition coefficient (Wildman–Crippen LogP) is 1.99. The molecule has 3 N–H and O–H groups in total. The Bertz CT molecular complexity index is 733. The largest absolute Gasteiger partial charge is 0.506 e. The number of fused-ring (bicyclic) bond motifs is 1. The van der Waals surface area contributed by atoms with Crippen molar-refractivity contribution >= 4 is 11.3 Å². The number of nitrogens with zero attached hydrogens (tertiary/aromatic N) is 3. The fourth-order valence-corrected chi connectivity index (χ4v) is 1.88. The molecule has 0 fully saturated rings. The Morgan fingerprint density at radius 2 is 2.00 bits per heavy atom. The van der Waals surface area contributed by atoms with Crippen LogP contribution in [0.1, 0.15) is 5.56 Å². The Hall–Kier alpha value is -2.56. The fourth-order valence-electron chi connectivity index (χ4n) is 1.88. The van der Waals surface area contributed by atoms with Crippen LogP contribution in [0.3, 0.4) is 0 Å². The summed E-state index contributed by atoms with van der Waals surface area (Å²) in [4.78, 5) is 0. The number of hydrogen-bond acceptors (Lipinski definition) is 4. The Morgan fingerprint density at radius 1 is 1.17 bits per heavy atom. The van der Waals surface area contributed by atoms with Crippen molar-refractivity contribution < 1.29 is 5.11 Å². The molecule has 0 spiro atoms. The van der Waals surface area contributed by atoms with Gasteiger partial charge < -0.3 is 10.8 Å². The zero-order valence-corrected chi connectivity index (χ0v) is 9.83. The van der Waals surface area contributed by atoms with Gasteiger partial charge in [-0.3, -0.25) is 4.40 Å². The summed E-state index contributed by atoms with van der Waals surface area (Å²) in [5, 5.41) is 17.7. The van der Waals surface area contributed by atoms with Crippen LogP contribution in [0.2, 0.25) is 0 Å². The van der Waals surface area contributed by atoms with Gasteiger partial charge in [-0.15, -0.1) is 10.2 Å². The molecule has 0 radical (unpaired) electrons. The van der Waals surface area contributed by atoms with Gasteiger partial charge in [0.25, 0.3) is 0 Å². The van der Waals surface area contributed by atoms with Crippen LogP contribution in [0.4, 0.5) is 5.69 Å². The molecule has 0 saturated heterocycles. The number of phenols is 1. The van der Waals surface area contributed by atoms with E-state index in [2.05, 4.69) is 10.2 Å². The standard InChI is InChI=1S/C13H12N4O/c1-8-4-5-17-12(6-8)15-16-13(17)9-2-3-11(18)10(14)7-9/h2-7,18H,14H2,1H3. The van der Waals surface area contributed by atoms with Gasteiger partial charge in [-0.25, -0.2) is 0 Å². The SMILES string of the molecule is Cc1ccn2c(-c3ccc(O)c(N)c3)nnc2c1. The second kappa shape index (κ2) is 3.73. The molecule has 2 aromatic heterocycles. The van der Waals surface area contributed by atoms with Crippen LogP contribution >= 0.6 is 0 Å². The lowest BCUT2D eigenvalue weighted by molar-refractivity contribution is 0.478. The lowest BCUT2D eigenvalue weighted by Gasteiger charge is -2.03.